The average molecular weight is 754 g/mol. The molecule has 1 unspecified atom stereocenters. The van der Waals surface area contributed by atoms with E-state index in [1.807, 2.05) is 0 Å². The van der Waals surface area contributed by atoms with E-state index < -0.39 is 21.3 Å². The van der Waals surface area contributed by atoms with Crippen molar-refractivity contribution in [3.63, 3.8) is 0 Å². The Morgan fingerprint density at radius 2 is 1.38 bits per heavy atom. The summed E-state index contributed by atoms with van der Waals surface area (Å²) in [5.41, 5.74) is 12.8. The molecule has 0 aromatic heterocycles. The average Bonchev–Trinajstić information content (AvgIpc) is 3.55. The fourth-order valence-corrected chi connectivity index (χ4v) is 16.1. The minimum absolute atomic E-state index is 0. The van der Waals surface area contributed by atoms with E-state index in [0.29, 0.717) is 5.92 Å². The molecule has 0 heterocycles. The van der Waals surface area contributed by atoms with Crippen molar-refractivity contribution in [2.75, 3.05) is 0 Å². The van der Waals surface area contributed by atoms with Gasteiger partial charge in [-0.1, -0.05) is 0 Å². The van der Waals surface area contributed by atoms with Crippen LogP contribution in [0, 0.1) is 25.2 Å². The smallest absolute Gasteiger partial charge is 1.00 e. The third kappa shape index (κ3) is 7.25. The van der Waals surface area contributed by atoms with Crippen molar-refractivity contribution in [2.24, 2.45) is 11.3 Å². The molecule has 0 fully saturated rings. The molecule has 0 N–H and O–H groups in total. The van der Waals surface area contributed by atoms with Crippen LogP contribution in [0.25, 0.3) is 11.1 Å². The molecule has 2 aliphatic rings. The fourth-order valence-electron chi connectivity index (χ4n) is 6.88. The predicted octanol–water partition coefficient (Wildman–Crippen LogP) is 4.99. The van der Waals surface area contributed by atoms with Crippen molar-refractivity contribution in [3.05, 3.63) is 143 Å². The summed E-state index contributed by atoms with van der Waals surface area (Å²) in [6.07, 6.45) is 8.59. The molecular formula is C40H40Cl4Zr. The van der Waals surface area contributed by atoms with Crippen LogP contribution in [0.4, 0.5) is 0 Å². The molecule has 4 aromatic carbocycles. The largest absolute Gasteiger partial charge is 1.00 e. The summed E-state index contributed by atoms with van der Waals surface area (Å²) in [4.78, 5) is 0. The molecule has 0 spiro atoms. The van der Waals surface area contributed by atoms with Crippen LogP contribution in [0.1, 0.15) is 73.9 Å². The third-order valence-electron chi connectivity index (χ3n) is 9.05. The Morgan fingerprint density at radius 1 is 0.800 bits per heavy atom. The van der Waals surface area contributed by atoms with Gasteiger partial charge in [0.2, 0.25) is 0 Å². The molecule has 232 valence electrons. The standard InChI is InChI=1S/C15H13.C13H8Cl2.C12H19.2ClH.Zr/c1-10-3-5-14-12(7-10)9-13-8-11(2)4-6-15(13)14;14-12-5-1-10(2-6-12)9-11-3-7-13(15)8-4-11;1-5-6-10-7-8-11(9-10)12(2,3)4;;;/h3-7H,9H2,1-2H3;1-8H;8-10H,5-6H2,1-4H3;2*1H;/q;;;;;+2/p-2. The Bertz CT molecular complexity index is 1760. The van der Waals surface area contributed by atoms with Gasteiger partial charge in [0.25, 0.3) is 0 Å². The molecule has 0 saturated heterocycles. The van der Waals surface area contributed by atoms with Gasteiger partial charge in [0.15, 0.2) is 0 Å². The van der Waals surface area contributed by atoms with Crippen LogP contribution < -0.4 is 28.1 Å². The summed E-state index contributed by atoms with van der Waals surface area (Å²) >= 11 is 10.0. The minimum Gasteiger partial charge on any atom is -1.00 e. The number of allylic oxidation sites excluding steroid dienone is 4. The minimum atomic E-state index is -2.91. The van der Waals surface area contributed by atoms with E-state index in [2.05, 4.69) is 133 Å². The fraction of sp³-hybridized carbons (Fsp3) is 0.275. The summed E-state index contributed by atoms with van der Waals surface area (Å²) in [5.74, 6) is 0.463. The van der Waals surface area contributed by atoms with Crippen molar-refractivity contribution in [1.29, 1.82) is 0 Å². The first-order chi connectivity index (χ1) is 20.5. The number of hydrogen-bond donors (Lipinski definition) is 0. The van der Waals surface area contributed by atoms with Gasteiger partial charge in [-0.05, 0) is 0 Å². The van der Waals surface area contributed by atoms with Gasteiger partial charge in [-0.25, -0.2) is 0 Å². The van der Waals surface area contributed by atoms with Crippen molar-refractivity contribution in [3.8, 4) is 11.1 Å². The number of aryl methyl sites for hydroxylation is 2. The summed E-state index contributed by atoms with van der Waals surface area (Å²) < 4.78 is 4.84. The molecule has 0 nitrogen and oxygen atoms in total. The third-order valence-corrected chi connectivity index (χ3v) is 17.8. The summed E-state index contributed by atoms with van der Waals surface area (Å²) in [6.45, 7) is 14.0. The molecule has 6 rings (SSSR count). The van der Waals surface area contributed by atoms with Crippen LogP contribution in [0.15, 0.2) is 99.9 Å². The second-order valence-electron chi connectivity index (χ2n) is 13.3. The topological polar surface area (TPSA) is 0 Å². The van der Waals surface area contributed by atoms with Gasteiger partial charge in [-0.2, -0.15) is 0 Å². The number of hydrogen-bond acceptors (Lipinski definition) is 0. The molecule has 0 saturated carbocycles. The van der Waals surface area contributed by atoms with Gasteiger partial charge in [-0.3, -0.25) is 0 Å². The number of fused-ring (bicyclic) bond motifs is 3. The Kier molecular flexibility index (Phi) is 11.7. The van der Waals surface area contributed by atoms with Gasteiger partial charge in [0.05, 0.1) is 0 Å². The van der Waals surface area contributed by atoms with E-state index in [1.165, 1.54) is 60.6 Å². The number of halogens is 4. The Morgan fingerprint density at radius 3 is 1.93 bits per heavy atom. The Labute approximate surface area is 299 Å². The molecule has 0 radical (unpaired) electrons. The van der Waals surface area contributed by atoms with E-state index in [4.69, 9.17) is 23.2 Å². The van der Waals surface area contributed by atoms with Gasteiger partial charge in [-0.15, -0.1) is 0 Å². The zero-order valence-electron chi connectivity index (χ0n) is 26.9. The Hall–Kier alpha value is -1.73. The monoisotopic (exact) mass is 750 g/mol. The van der Waals surface area contributed by atoms with Crippen LogP contribution in [-0.2, 0) is 27.7 Å². The van der Waals surface area contributed by atoms with Crippen LogP contribution in [0.5, 0.6) is 0 Å². The van der Waals surface area contributed by atoms with Gasteiger partial charge in [0, 0.05) is 0 Å². The first kappa shape index (κ1) is 36.1. The number of rotatable bonds is 6. The van der Waals surface area contributed by atoms with E-state index in [9.17, 15) is 0 Å². The molecule has 2 aliphatic carbocycles. The molecule has 1 atom stereocenters. The first-order valence-corrected chi connectivity index (χ1v) is 19.9. The molecular weight excluding hydrogens is 713 g/mol. The van der Waals surface area contributed by atoms with Gasteiger partial charge in [0.1, 0.15) is 0 Å². The summed E-state index contributed by atoms with van der Waals surface area (Å²) in [6, 6.07) is 29.0. The molecule has 5 heteroatoms. The van der Waals surface area contributed by atoms with Crippen LogP contribution in [0.3, 0.4) is 0 Å². The SMILES string of the molecule is CCCC1C=C(C(C)(C)C)C=[C]1[Zr+2](=[C](c1ccc(Cl)cc1)c1ccc(Cl)cc1)[c]1c(C)ccc2c1Cc1cc(C)ccc1-2.[Cl-].[Cl-]. The van der Waals surface area contributed by atoms with Gasteiger partial charge >= 0.3 is 278 Å². The van der Waals surface area contributed by atoms with Crippen molar-refractivity contribution < 1.29 is 46.1 Å². The molecule has 45 heavy (non-hydrogen) atoms. The zero-order chi connectivity index (χ0) is 30.5. The first-order valence-electron chi connectivity index (χ1n) is 15.5. The zero-order valence-corrected chi connectivity index (χ0v) is 32.4. The van der Waals surface area contributed by atoms with Crippen LogP contribution in [0.2, 0.25) is 10.0 Å². The molecule has 0 bridgehead atoms. The van der Waals surface area contributed by atoms with Gasteiger partial charge < -0.3 is 24.8 Å². The normalized spacial score (nSPS) is 14.7. The van der Waals surface area contributed by atoms with E-state index in [0.717, 1.165) is 16.5 Å². The number of benzene rings is 4. The quantitative estimate of drug-likeness (QED) is 0.230. The maximum Gasteiger partial charge on any atom is -1.00 e. The van der Waals surface area contributed by atoms with Crippen molar-refractivity contribution in [1.82, 2.24) is 0 Å². The van der Waals surface area contributed by atoms with Crippen LogP contribution >= 0.6 is 23.2 Å². The maximum atomic E-state index is 6.48. The second-order valence-corrected chi connectivity index (χ2v) is 19.8. The van der Waals surface area contributed by atoms with E-state index in [-0.39, 0.29) is 30.2 Å². The Balaban J connectivity index is 0.00000230. The second kappa shape index (κ2) is 14.6. The molecule has 0 amide bonds. The van der Waals surface area contributed by atoms with E-state index in [1.54, 1.807) is 12.1 Å². The summed E-state index contributed by atoms with van der Waals surface area (Å²) in [7, 11) is 0. The van der Waals surface area contributed by atoms with Crippen molar-refractivity contribution >= 4 is 29.7 Å². The predicted molar refractivity (Wildman–Crippen MR) is 184 cm³/mol. The maximum absolute atomic E-state index is 6.48. The van der Waals surface area contributed by atoms with E-state index >= 15 is 0 Å². The molecule has 0 aliphatic heterocycles. The van der Waals surface area contributed by atoms with Crippen molar-refractivity contribution in [2.45, 2.75) is 60.8 Å². The summed E-state index contributed by atoms with van der Waals surface area (Å²) in [5, 5.41) is 1.54. The van der Waals surface area contributed by atoms with Crippen LogP contribution in [-0.4, -0.2) is 3.21 Å². The molecule has 4 aromatic rings.